The van der Waals surface area contributed by atoms with Crippen LogP contribution in [0.3, 0.4) is 0 Å². The fourth-order valence-electron chi connectivity index (χ4n) is 2.85. The molecule has 1 heterocycles. The largest absolute Gasteiger partial charge is 0.488 e. The number of carbonyl (C=O) groups excluding carboxylic acids is 1. The lowest BCUT2D eigenvalue weighted by atomic mass is 10.0. The van der Waals surface area contributed by atoms with Crippen LogP contribution in [0.4, 0.5) is 0 Å². The quantitative estimate of drug-likeness (QED) is 0.441. The molecule has 1 aliphatic heterocycles. The van der Waals surface area contributed by atoms with E-state index in [-0.39, 0.29) is 0 Å². The van der Waals surface area contributed by atoms with Crippen molar-refractivity contribution in [3.8, 4) is 5.75 Å². The second-order valence-electron chi connectivity index (χ2n) is 6.20. The van der Waals surface area contributed by atoms with Gasteiger partial charge in [-0.05, 0) is 29.8 Å². The van der Waals surface area contributed by atoms with Crippen LogP contribution in [0.25, 0.3) is 6.08 Å². The van der Waals surface area contributed by atoms with Crippen LogP contribution in [0.2, 0.25) is 5.02 Å². The van der Waals surface area contributed by atoms with Gasteiger partial charge in [0, 0.05) is 16.1 Å². The lowest BCUT2D eigenvalue weighted by Gasteiger charge is -2.10. The van der Waals surface area contributed by atoms with Crippen LogP contribution in [0.5, 0.6) is 5.75 Å². The number of hydrogen-bond acceptors (Lipinski definition) is 4. The molecule has 4 rings (SSSR count). The summed E-state index contributed by atoms with van der Waals surface area (Å²) in [6, 6.07) is 24.5. The number of oxime groups is 1. The molecule has 0 amide bonds. The minimum Gasteiger partial charge on any atom is -0.488 e. The molecule has 1 aliphatic rings. The van der Waals surface area contributed by atoms with E-state index in [1.807, 2.05) is 54.6 Å². The molecule has 0 aliphatic carbocycles. The number of ether oxygens (including phenoxy) is 1. The van der Waals surface area contributed by atoms with Gasteiger partial charge in [0.2, 0.25) is 0 Å². The second-order valence-corrected chi connectivity index (χ2v) is 6.63. The number of carbonyl (C=O) groups is 1. The molecule has 0 unspecified atom stereocenters. The van der Waals surface area contributed by atoms with Crippen molar-refractivity contribution in [3.63, 3.8) is 0 Å². The van der Waals surface area contributed by atoms with Crippen molar-refractivity contribution in [1.29, 1.82) is 0 Å². The molecular formula is C23H16ClNO3. The highest BCUT2D eigenvalue weighted by Crippen LogP contribution is 2.26. The number of para-hydroxylation sites is 1. The predicted molar refractivity (Wildman–Crippen MR) is 109 cm³/mol. The minimum absolute atomic E-state index is 0.373. The molecule has 0 atom stereocenters. The van der Waals surface area contributed by atoms with Gasteiger partial charge in [-0.3, -0.25) is 0 Å². The van der Waals surface area contributed by atoms with Crippen LogP contribution in [-0.2, 0) is 16.2 Å². The molecule has 0 saturated carbocycles. The van der Waals surface area contributed by atoms with E-state index in [0.717, 1.165) is 16.7 Å². The van der Waals surface area contributed by atoms with Crippen molar-refractivity contribution in [1.82, 2.24) is 0 Å². The van der Waals surface area contributed by atoms with Gasteiger partial charge in [-0.15, -0.1) is 0 Å². The van der Waals surface area contributed by atoms with Gasteiger partial charge in [0.05, 0.1) is 5.57 Å². The maximum absolute atomic E-state index is 12.2. The van der Waals surface area contributed by atoms with E-state index < -0.39 is 5.97 Å². The van der Waals surface area contributed by atoms with Crippen molar-refractivity contribution in [2.45, 2.75) is 6.61 Å². The summed E-state index contributed by atoms with van der Waals surface area (Å²) in [5.74, 6) is 0.178. The molecule has 28 heavy (non-hydrogen) atoms. The third kappa shape index (κ3) is 3.97. The Labute approximate surface area is 167 Å². The molecule has 0 aromatic heterocycles. The Hall–Kier alpha value is -3.37. The Kier molecular flexibility index (Phi) is 5.22. The average molecular weight is 390 g/mol. The molecule has 0 N–H and O–H groups in total. The number of benzene rings is 3. The Balaban J connectivity index is 1.63. The first-order chi connectivity index (χ1) is 13.7. The summed E-state index contributed by atoms with van der Waals surface area (Å²) in [6.07, 6.45) is 1.74. The van der Waals surface area contributed by atoms with E-state index in [1.54, 1.807) is 30.3 Å². The third-order valence-electron chi connectivity index (χ3n) is 4.27. The summed E-state index contributed by atoms with van der Waals surface area (Å²) in [5, 5.41) is 4.54. The van der Waals surface area contributed by atoms with Crippen molar-refractivity contribution >= 4 is 29.4 Å². The number of halogens is 1. The van der Waals surface area contributed by atoms with Crippen molar-refractivity contribution < 1.29 is 14.4 Å². The zero-order valence-corrected chi connectivity index (χ0v) is 15.6. The van der Waals surface area contributed by atoms with Gasteiger partial charge >= 0.3 is 5.97 Å². The number of rotatable bonds is 5. The van der Waals surface area contributed by atoms with E-state index in [2.05, 4.69) is 5.16 Å². The van der Waals surface area contributed by atoms with Gasteiger partial charge in [0.1, 0.15) is 18.1 Å². The number of hydrogen-bond donors (Lipinski definition) is 0. The van der Waals surface area contributed by atoms with E-state index in [9.17, 15) is 4.79 Å². The van der Waals surface area contributed by atoms with Crippen LogP contribution in [-0.4, -0.2) is 11.7 Å². The van der Waals surface area contributed by atoms with E-state index in [0.29, 0.717) is 28.7 Å². The van der Waals surface area contributed by atoms with Crippen LogP contribution in [0.15, 0.2) is 89.6 Å². The van der Waals surface area contributed by atoms with Gasteiger partial charge < -0.3 is 9.57 Å². The van der Waals surface area contributed by atoms with Gasteiger partial charge in [-0.25, -0.2) is 4.79 Å². The molecule has 138 valence electrons. The zero-order chi connectivity index (χ0) is 19.3. The van der Waals surface area contributed by atoms with Crippen LogP contribution >= 0.6 is 11.6 Å². The highest BCUT2D eigenvalue weighted by Gasteiger charge is 2.27. The Bertz CT molecular complexity index is 1060. The third-order valence-corrected chi connectivity index (χ3v) is 4.52. The summed E-state index contributed by atoms with van der Waals surface area (Å²) in [4.78, 5) is 17.2. The standard InChI is InChI=1S/C23H16ClNO3/c24-19-12-10-17(11-13-19)22-20(23(26)28-25-22)14-18-8-4-5-9-21(18)27-15-16-6-2-1-3-7-16/h1-14H,15H2/b20-14-. The predicted octanol–water partition coefficient (Wildman–Crippen LogP) is 5.26. The van der Waals surface area contributed by atoms with E-state index in [4.69, 9.17) is 21.2 Å². The molecule has 4 nitrogen and oxygen atoms in total. The van der Waals surface area contributed by atoms with E-state index >= 15 is 0 Å². The molecule has 0 bridgehead atoms. The second kappa shape index (κ2) is 8.11. The lowest BCUT2D eigenvalue weighted by molar-refractivity contribution is -0.136. The molecule has 5 heteroatoms. The fraction of sp³-hybridized carbons (Fsp3) is 0.0435. The first-order valence-electron chi connectivity index (χ1n) is 8.74. The summed E-state index contributed by atoms with van der Waals surface area (Å²) in [5.41, 5.74) is 3.43. The molecule has 3 aromatic carbocycles. The summed E-state index contributed by atoms with van der Waals surface area (Å²) < 4.78 is 5.97. The Morgan fingerprint density at radius 1 is 0.929 bits per heavy atom. The lowest BCUT2D eigenvalue weighted by Crippen LogP contribution is -2.07. The Morgan fingerprint density at radius 3 is 2.43 bits per heavy atom. The van der Waals surface area contributed by atoms with Crippen LogP contribution in [0.1, 0.15) is 16.7 Å². The molecule has 0 fully saturated rings. The van der Waals surface area contributed by atoms with Gasteiger partial charge in [0.15, 0.2) is 0 Å². The molecule has 0 spiro atoms. The average Bonchev–Trinajstić information content (AvgIpc) is 3.09. The first-order valence-corrected chi connectivity index (χ1v) is 9.11. The first kappa shape index (κ1) is 18.0. The van der Waals surface area contributed by atoms with Crippen LogP contribution < -0.4 is 4.74 Å². The summed E-state index contributed by atoms with van der Waals surface area (Å²) in [7, 11) is 0. The fourth-order valence-corrected chi connectivity index (χ4v) is 2.97. The van der Waals surface area contributed by atoms with Gasteiger partial charge in [0.25, 0.3) is 0 Å². The van der Waals surface area contributed by atoms with Crippen molar-refractivity contribution in [3.05, 3.63) is 106 Å². The van der Waals surface area contributed by atoms with E-state index in [1.165, 1.54) is 0 Å². The smallest absolute Gasteiger partial charge is 0.368 e. The summed E-state index contributed by atoms with van der Waals surface area (Å²) in [6.45, 7) is 0.434. The summed E-state index contributed by atoms with van der Waals surface area (Å²) >= 11 is 5.95. The Morgan fingerprint density at radius 2 is 1.64 bits per heavy atom. The number of nitrogens with zero attached hydrogens (tertiary/aromatic N) is 1. The van der Waals surface area contributed by atoms with Gasteiger partial charge in [-0.2, -0.15) is 0 Å². The van der Waals surface area contributed by atoms with Gasteiger partial charge in [-0.1, -0.05) is 77.4 Å². The molecule has 0 saturated heterocycles. The highest BCUT2D eigenvalue weighted by atomic mass is 35.5. The monoisotopic (exact) mass is 389 g/mol. The maximum Gasteiger partial charge on any atom is 0.368 e. The maximum atomic E-state index is 12.2. The topological polar surface area (TPSA) is 47.9 Å². The van der Waals surface area contributed by atoms with Crippen LogP contribution in [0, 0.1) is 0 Å². The highest BCUT2D eigenvalue weighted by molar-refractivity contribution is 6.32. The van der Waals surface area contributed by atoms with Crippen molar-refractivity contribution in [2.24, 2.45) is 5.16 Å². The van der Waals surface area contributed by atoms with Crippen molar-refractivity contribution in [2.75, 3.05) is 0 Å². The molecular weight excluding hydrogens is 374 g/mol. The normalized spacial score (nSPS) is 14.7. The minimum atomic E-state index is -0.497. The molecule has 3 aromatic rings. The zero-order valence-electron chi connectivity index (χ0n) is 14.8. The SMILES string of the molecule is O=C1ON=C(c2ccc(Cl)cc2)/C1=C/c1ccccc1OCc1ccccc1. The molecule has 0 radical (unpaired) electrons.